The number of hydrogen-bond donors (Lipinski definition) is 3. The molecule has 1 atom stereocenters. The molecule has 1 aromatic carbocycles. The van der Waals surface area contributed by atoms with Gasteiger partial charge in [-0.3, -0.25) is 4.79 Å². The van der Waals surface area contributed by atoms with E-state index in [1.165, 1.54) is 37.1 Å². The molecule has 6 nitrogen and oxygen atoms in total. The molecule has 1 unspecified atom stereocenters. The van der Waals surface area contributed by atoms with Crippen molar-refractivity contribution in [2.75, 3.05) is 11.9 Å². The van der Waals surface area contributed by atoms with Gasteiger partial charge in [-0.05, 0) is 50.1 Å². The summed E-state index contributed by atoms with van der Waals surface area (Å²) in [6, 6.07) is 6.27. The van der Waals surface area contributed by atoms with Crippen molar-refractivity contribution in [2.45, 2.75) is 43.0 Å². The predicted molar refractivity (Wildman–Crippen MR) is 81.3 cm³/mol. The van der Waals surface area contributed by atoms with Crippen molar-refractivity contribution in [1.29, 1.82) is 0 Å². The molecule has 1 heterocycles. The highest BCUT2D eigenvalue weighted by Crippen LogP contribution is 2.15. The van der Waals surface area contributed by atoms with Crippen LogP contribution in [0.4, 0.5) is 5.69 Å². The molecule has 1 aliphatic rings. The Morgan fingerprint density at radius 1 is 1.29 bits per heavy atom. The molecule has 0 aromatic heterocycles. The molecule has 7 heteroatoms. The molecule has 1 amide bonds. The zero-order chi connectivity index (χ0) is 15.3. The fraction of sp³-hybridized carbons (Fsp3) is 0.500. The van der Waals surface area contributed by atoms with Crippen LogP contribution in [-0.2, 0) is 14.8 Å². The van der Waals surface area contributed by atoms with Crippen LogP contribution in [0.15, 0.2) is 29.2 Å². The smallest absolute Gasteiger partial charge is 0.238 e. The highest BCUT2D eigenvalue weighted by molar-refractivity contribution is 7.89. The summed E-state index contributed by atoms with van der Waals surface area (Å²) < 4.78 is 22.3. The van der Waals surface area contributed by atoms with Crippen LogP contribution in [0.2, 0.25) is 0 Å². The summed E-state index contributed by atoms with van der Waals surface area (Å²) in [5, 5.41) is 11.2. The number of nitrogens with one attached hydrogen (secondary N) is 2. The molecule has 116 valence electrons. The van der Waals surface area contributed by atoms with Crippen molar-refractivity contribution < 1.29 is 13.2 Å². The summed E-state index contributed by atoms with van der Waals surface area (Å²) in [6.45, 7) is 1.03. The van der Waals surface area contributed by atoms with Gasteiger partial charge in [0.25, 0.3) is 0 Å². The van der Waals surface area contributed by atoms with Gasteiger partial charge in [-0.1, -0.05) is 6.42 Å². The van der Waals surface area contributed by atoms with E-state index in [0.717, 1.165) is 19.4 Å². The molecule has 0 bridgehead atoms. The van der Waals surface area contributed by atoms with Gasteiger partial charge in [0.15, 0.2) is 0 Å². The number of primary sulfonamides is 1. The number of benzene rings is 1. The minimum Gasteiger partial charge on any atom is -0.326 e. The Bertz CT molecular complexity index is 578. The van der Waals surface area contributed by atoms with Crippen LogP contribution in [0.25, 0.3) is 0 Å². The topological polar surface area (TPSA) is 101 Å². The number of rotatable bonds is 5. The Balaban J connectivity index is 1.82. The SMILES string of the molecule is NS(=O)(=O)c1ccc(NC(=O)CCC2CCCCN2)cc1. The van der Waals surface area contributed by atoms with Crippen molar-refractivity contribution in [3.05, 3.63) is 24.3 Å². The van der Waals surface area contributed by atoms with Gasteiger partial charge in [0, 0.05) is 18.2 Å². The van der Waals surface area contributed by atoms with E-state index in [4.69, 9.17) is 5.14 Å². The molecule has 1 fully saturated rings. The van der Waals surface area contributed by atoms with Crippen molar-refractivity contribution in [2.24, 2.45) is 5.14 Å². The second kappa shape index (κ2) is 7.02. The van der Waals surface area contributed by atoms with Gasteiger partial charge in [-0.25, -0.2) is 13.6 Å². The van der Waals surface area contributed by atoms with Crippen LogP contribution in [0, 0.1) is 0 Å². The number of piperidine rings is 1. The minimum absolute atomic E-state index is 0.0342. The van der Waals surface area contributed by atoms with Crippen LogP contribution in [-0.4, -0.2) is 26.9 Å². The second-order valence-electron chi connectivity index (χ2n) is 5.30. The van der Waals surface area contributed by atoms with Gasteiger partial charge in [0.2, 0.25) is 15.9 Å². The maximum Gasteiger partial charge on any atom is 0.238 e. The first-order valence-electron chi connectivity index (χ1n) is 7.11. The van der Waals surface area contributed by atoms with E-state index in [1.54, 1.807) is 0 Å². The van der Waals surface area contributed by atoms with Gasteiger partial charge in [0.05, 0.1) is 4.90 Å². The van der Waals surface area contributed by atoms with Crippen molar-refractivity contribution in [3.8, 4) is 0 Å². The van der Waals surface area contributed by atoms with E-state index in [0.29, 0.717) is 18.2 Å². The number of nitrogens with two attached hydrogens (primary N) is 1. The lowest BCUT2D eigenvalue weighted by molar-refractivity contribution is -0.116. The minimum atomic E-state index is -3.69. The molecule has 0 aliphatic carbocycles. The van der Waals surface area contributed by atoms with Gasteiger partial charge in [0.1, 0.15) is 0 Å². The first-order valence-corrected chi connectivity index (χ1v) is 8.66. The van der Waals surface area contributed by atoms with Gasteiger partial charge in [-0.15, -0.1) is 0 Å². The number of anilines is 1. The Morgan fingerprint density at radius 3 is 2.57 bits per heavy atom. The average Bonchev–Trinajstić information content (AvgIpc) is 2.46. The number of carbonyl (C=O) groups is 1. The summed E-state index contributed by atoms with van der Waals surface area (Å²) in [4.78, 5) is 11.9. The Hall–Kier alpha value is -1.44. The quantitative estimate of drug-likeness (QED) is 0.760. The maximum atomic E-state index is 11.9. The van der Waals surface area contributed by atoms with Gasteiger partial charge < -0.3 is 10.6 Å². The fourth-order valence-corrected chi connectivity index (χ4v) is 2.94. The highest BCUT2D eigenvalue weighted by Gasteiger charge is 2.14. The summed E-state index contributed by atoms with van der Waals surface area (Å²) in [5.41, 5.74) is 0.573. The van der Waals surface area contributed by atoms with E-state index in [-0.39, 0.29) is 10.8 Å². The molecule has 1 aromatic rings. The summed E-state index contributed by atoms with van der Waals surface area (Å²) in [7, 11) is -3.69. The third kappa shape index (κ3) is 5.11. The van der Waals surface area contributed by atoms with E-state index in [2.05, 4.69) is 10.6 Å². The van der Waals surface area contributed by atoms with Crippen molar-refractivity contribution in [3.63, 3.8) is 0 Å². The molecule has 0 saturated carbocycles. The standard InChI is InChI=1S/C14H21N3O3S/c15-21(19,20)13-7-4-12(5-8-13)17-14(18)9-6-11-3-1-2-10-16-11/h4-5,7-8,11,16H,1-3,6,9-10H2,(H,17,18)(H2,15,19,20). The molecule has 21 heavy (non-hydrogen) atoms. The largest absolute Gasteiger partial charge is 0.326 e. The average molecular weight is 311 g/mol. The van der Waals surface area contributed by atoms with E-state index in [1.807, 2.05) is 0 Å². The molecule has 1 saturated heterocycles. The zero-order valence-electron chi connectivity index (χ0n) is 11.8. The lowest BCUT2D eigenvalue weighted by atomic mass is 10.0. The summed E-state index contributed by atoms with van der Waals surface area (Å²) in [6.07, 6.45) is 4.82. The normalized spacial score (nSPS) is 19.2. The monoisotopic (exact) mass is 311 g/mol. The van der Waals surface area contributed by atoms with Crippen molar-refractivity contribution in [1.82, 2.24) is 5.32 Å². The Kier molecular flexibility index (Phi) is 5.33. The van der Waals surface area contributed by atoms with Crippen LogP contribution in [0.5, 0.6) is 0 Å². The zero-order valence-corrected chi connectivity index (χ0v) is 12.7. The van der Waals surface area contributed by atoms with E-state index >= 15 is 0 Å². The summed E-state index contributed by atoms with van der Waals surface area (Å²) >= 11 is 0. The number of carbonyl (C=O) groups excluding carboxylic acids is 1. The summed E-state index contributed by atoms with van der Waals surface area (Å²) in [5.74, 6) is -0.0641. The lowest BCUT2D eigenvalue weighted by Gasteiger charge is -2.23. The lowest BCUT2D eigenvalue weighted by Crippen LogP contribution is -2.34. The first-order chi connectivity index (χ1) is 9.95. The molecule has 0 radical (unpaired) electrons. The van der Waals surface area contributed by atoms with Crippen LogP contribution in [0.3, 0.4) is 0 Å². The number of amides is 1. The third-order valence-corrected chi connectivity index (χ3v) is 4.53. The Labute approximate surface area is 125 Å². The molecule has 0 spiro atoms. The highest BCUT2D eigenvalue weighted by atomic mass is 32.2. The fourth-order valence-electron chi connectivity index (χ4n) is 2.43. The molecular formula is C14H21N3O3S. The van der Waals surface area contributed by atoms with E-state index in [9.17, 15) is 13.2 Å². The second-order valence-corrected chi connectivity index (χ2v) is 6.86. The van der Waals surface area contributed by atoms with Crippen molar-refractivity contribution >= 4 is 21.6 Å². The third-order valence-electron chi connectivity index (χ3n) is 3.60. The molecular weight excluding hydrogens is 290 g/mol. The van der Waals surface area contributed by atoms with Crippen LogP contribution < -0.4 is 15.8 Å². The van der Waals surface area contributed by atoms with Crippen LogP contribution >= 0.6 is 0 Å². The van der Waals surface area contributed by atoms with Gasteiger partial charge in [-0.2, -0.15) is 0 Å². The maximum absolute atomic E-state index is 11.9. The first kappa shape index (κ1) is 15.9. The van der Waals surface area contributed by atoms with Gasteiger partial charge >= 0.3 is 0 Å². The number of sulfonamides is 1. The Morgan fingerprint density at radius 2 is 2.00 bits per heavy atom. The molecule has 2 rings (SSSR count). The molecule has 1 aliphatic heterocycles. The predicted octanol–water partition coefficient (Wildman–Crippen LogP) is 1.19. The van der Waals surface area contributed by atoms with E-state index < -0.39 is 10.0 Å². The van der Waals surface area contributed by atoms with Crippen LogP contribution in [0.1, 0.15) is 32.1 Å². The number of hydrogen-bond acceptors (Lipinski definition) is 4. The molecule has 4 N–H and O–H groups in total.